The Labute approximate surface area is 194 Å². The van der Waals surface area contributed by atoms with Gasteiger partial charge in [-0.15, -0.1) is 10.2 Å². The molecule has 10 heteroatoms. The highest BCUT2D eigenvalue weighted by Crippen LogP contribution is 2.25. The van der Waals surface area contributed by atoms with Crippen LogP contribution in [0.1, 0.15) is 36.1 Å². The van der Waals surface area contributed by atoms with E-state index in [0.717, 1.165) is 0 Å². The molecule has 2 N–H and O–H groups in total. The fraction of sp³-hybridized carbons (Fsp3) is 0.273. The van der Waals surface area contributed by atoms with Gasteiger partial charge in [-0.3, -0.25) is 9.59 Å². The molecule has 0 saturated heterocycles. The van der Waals surface area contributed by atoms with E-state index in [-0.39, 0.29) is 35.3 Å². The van der Waals surface area contributed by atoms with E-state index < -0.39 is 0 Å². The number of amides is 2. The normalized spacial score (nSPS) is 11.9. The lowest BCUT2D eigenvalue weighted by molar-refractivity contribution is -0.113. The first-order chi connectivity index (χ1) is 15.2. The summed E-state index contributed by atoms with van der Waals surface area (Å²) < 4.78 is 14.8. The van der Waals surface area contributed by atoms with E-state index in [1.54, 1.807) is 35.9 Å². The van der Waals surface area contributed by atoms with Crippen LogP contribution in [0.5, 0.6) is 0 Å². The first-order valence-corrected chi connectivity index (χ1v) is 11.2. The third kappa shape index (κ3) is 6.08. The Morgan fingerprint density at radius 1 is 1.09 bits per heavy atom. The molecule has 0 fully saturated rings. The number of halogens is 2. The van der Waals surface area contributed by atoms with E-state index >= 15 is 0 Å². The Bertz CT molecular complexity index is 1090. The van der Waals surface area contributed by atoms with Gasteiger partial charge in [-0.05, 0) is 54.4 Å². The Morgan fingerprint density at radius 3 is 2.38 bits per heavy atom. The van der Waals surface area contributed by atoms with Gasteiger partial charge in [0.1, 0.15) is 5.82 Å². The van der Waals surface area contributed by atoms with Crippen molar-refractivity contribution in [3.63, 3.8) is 0 Å². The third-order valence-electron chi connectivity index (χ3n) is 4.67. The van der Waals surface area contributed by atoms with Crippen LogP contribution >= 0.6 is 23.4 Å². The van der Waals surface area contributed by atoms with E-state index in [4.69, 9.17) is 11.6 Å². The van der Waals surface area contributed by atoms with Crippen LogP contribution in [0.3, 0.4) is 0 Å². The van der Waals surface area contributed by atoms with Gasteiger partial charge >= 0.3 is 0 Å². The smallest absolute Gasteiger partial charge is 0.251 e. The van der Waals surface area contributed by atoms with Gasteiger partial charge in [0.2, 0.25) is 5.91 Å². The predicted molar refractivity (Wildman–Crippen MR) is 123 cm³/mol. The number of hydrogen-bond donors (Lipinski definition) is 2. The highest BCUT2D eigenvalue weighted by atomic mass is 35.5. The number of carbonyl (C=O) groups excluding carboxylic acids is 2. The monoisotopic (exact) mass is 475 g/mol. The number of anilines is 1. The molecule has 0 bridgehead atoms. The molecule has 0 spiro atoms. The van der Waals surface area contributed by atoms with Crippen LogP contribution in [0.15, 0.2) is 53.7 Å². The zero-order valence-electron chi connectivity index (χ0n) is 17.8. The van der Waals surface area contributed by atoms with Crippen molar-refractivity contribution >= 4 is 40.9 Å². The molecular weight excluding hydrogens is 453 g/mol. The highest BCUT2D eigenvalue weighted by Gasteiger charge is 2.25. The largest absolute Gasteiger partial charge is 0.342 e. The Morgan fingerprint density at radius 2 is 1.75 bits per heavy atom. The molecule has 7 nitrogen and oxygen atoms in total. The zero-order valence-corrected chi connectivity index (χ0v) is 19.4. The molecule has 0 radical (unpaired) electrons. The van der Waals surface area contributed by atoms with E-state index in [9.17, 15) is 14.0 Å². The summed E-state index contributed by atoms with van der Waals surface area (Å²) in [7, 11) is 1.79. The molecule has 1 atom stereocenters. The molecule has 2 aromatic carbocycles. The quantitative estimate of drug-likeness (QED) is 0.469. The molecule has 1 aromatic heterocycles. The molecule has 3 aromatic rings. The van der Waals surface area contributed by atoms with Crippen molar-refractivity contribution in [2.24, 2.45) is 13.0 Å². The van der Waals surface area contributed by atoms with E-state index in [1.165, 1.54) is 36.0 Å². The van der Waals surface area contributed by atoms with Crippen molar-refractivity contribution in [2.45, 2.75) is 25.0 Å². The van der Waals surface area contributed by atoms with Gasteiger partial charge < -0.3 is 15.2 Å². The summed E-state index contributed by atoms with van der Waals surface area (Å²) in [6.45, 7) is 3.95. The SMILES string of the molecule is CC(C)[C@@H](NC(=O)c1ccc(Cl)cc1)c1nnc(SCC(=O)Nc2ccc(F)cc2)n1C. The summed E-state index contributed by atoms with van der Waals surface area (Å²) in [6.07, 6.45) is 0. The fourth-order valence-electron chi connectivity index (χ4n) is 2.94. The Balaban J connectivity index is 1.65. The fourth-order valence-corrected chi connectivity index (χ4v) is 3.78. The maximum absolute atomic E-state index is 13.0. The number of nitrogens with zero attached hydrogens (tertiary/aromatic N) is 3. The minimum Gasteiger partial charge on any atom is -0.342 e. The van der Waals surface area contributed by atoms with E-state index in [1.807, 2.05) is 13.8 Å². The van der Waals surface area contributed by atoms with Crippen molar-refractivity contribution in [1.29, 1.82) is 0 Å². The van der Waals surface area contributed by atoms with Crippen molar-refractivity contribution in [2.75, 3.05) is 11.1 Å². The number of thioether (sulfide) groups is 1. The lowest BCUT2D eigenvalue weighted by Crippen LogP contribution is -2.33. The number of benzene rings is 2. The maximum atomic E-state index is 13.0. The Kier molecular flexibility index (Phi) is 7.87. The van der Waals surface area contributed by atoms with Crippen LogP contribution < -0.4 is 10.6 Å². The minimum absolute atomic E-state index is 0.0498. The molecule has 32 heavy (non-hydrogen) atoms. The number of rotatable bonds is 8. The average molecular weight is 476 g/mol. The summed E-state index contributed by atoms with van der Waals surface area (Å²) in [6, 6.07) is 11.8. The van der Waals surface area contributed by atoms with Crippen LogP contribution in [0.4, 0.5) is 10.1 Å². The third-order valence-corrected chi connectivity index (χ3v) is 5.94. The van der Waals surface area contributed by atoms with Crippen molar-refractivity contribution in [1.82, 2.24) is 20.1 Å². The summed E-state index contributed by atoms with van der Waals surface area (Å²) >= 11 is 7.12. The van der Waals surface area contributed by atoms with Gasteiger partial charge in [-0.1, -0.05) is 37.2 Å². The number of carbonyl (C=O) groups is 2. The van der Waals surface area contributed by atoms with Gasteiger partial charge in [0.05, 0.1) is 11.8 Å². The van der Waals surface area contributed by atoms with Crippen molar-refractivity contribution in [3.8, 4) is 0 Å². The topological polar surface area (TPSA) is 88.9 Å². The number of nitrogens with one attached hydrogen (secondary N) is 2. The van der Waals surface area contributed by atoms with Crippen molar-refractivity contribution in [3.05, 3.63) is 70.8 Å². The van der Waals surface area contributed by atoms with Crippen LogP contribution in [0, 0.1) is 11.7 Å². The first-order valence-electron chi connectivity index (χ1n) is 9.88. The molecule has 3 rings (SSSR count). The molecule has 0 unspecified atom stereocenters. The number of hydrogen-bond acceptors (Lipinski definition) is 5. The summed E-state index contributed by atoms with van der Waals surface area (Å²) in [5, 5.41) is 15.2. The van der Waals surface area contributed by atoms with Gasteiger partial charge in [-0.2, -0.15) is 0 Å². The second kappa shape index (κ2) is 10.6. The molecule has 0 aliphatic rings. The molecular formula is C22H23ClFN5O2S. The molecule has 0 saturated carbocycles. The van der Waals surface area contributed by atoms with Crippen LogP contribution in [-0.2, 0) is 11.8 Å². The maximum Gasteiger partial charge on any atom is 0.251 e. The van der Waals surface area contributed by atoms with E-state index in [2.05, 4.69) is 20.8 Å². The summed E-state index contributed by atoms with van der Waals surface area (Å²) in [4.78, 5) is 24.9. The van der Waals surface area contributed by atoms with Crippen LogP contribution in [0.2, 0.25) is 5.02 Å². The van der Waals surface area contributed by atoms with Crippen LogP contribution in [-0.4, -0.2) is 32.3 Å². The van der Waals surface area contributed by atoms with E-state index in [0.29, 0.717) is 27.3 Å². The molecule has 2 amide bonds. The standard InChI is InChI=1S/C22H23ClFN5O2S/c1-13(2)19(26-21(31)14-4-6-15(23)7-5-14)20-27-28-22(29(20)3)32-12-18(30)25-17-10-8-16(24)9-11-17/h4-11,13,19H,12H2,1-3H3,(H,25,30)(H,26,31)/t19-/m1/s1. The van der Waals surface area contributed by atoms with Crippen molar-refractivity contribution < 1.29 is 14.0 Å². The minimum atomic E-state index is -0.377. The lowest BCUT2D eigenvalue weighted by Gasteiger charge is -2.21. The molecule has 0 aliphatic heterocycles. The molecule has 1 heterocycles. The molecule has 0 aliphatic carbocycles. The predicted octanol–water partition coefficient (Wildman–Crippen LogP) is 4.47. The van der Waals surface area contributed by atoms with Gasteiger partial charge in [0.25, 0.3) is 5.91 Å². The Hall–Kier alpha value is -2.91. The van der Waals surface area contributed by atoms with Crippen LogP contribution in [0.25, 0.3) is 0 Å². The average Bonchev–Trinajstić information content (AvgIpc) is 3.12. The lowest BCUT2D eigenvalue weighted by atomic mass is 10.0. The summed E-state index contributed by atoms with van der Waals surface area (Å²) in [5.41, 5.74) is 1.01. The van der Waals surface area contributed by atoms with Gasteiger partial charge in [0, 0.05) is 23.3 Å². The van der Waals surface area contributed by atoms with Gasteiger partial charge in [0.15, 0.2) is 11.0 Å². The second-order valence-corrected chi connectivity index (χ2v) is 8.82. The first kappa shape index (κ1) is 23.7. The highest BCUT2D eigenvalue weighted by molar-refractivity contribution is 7.99. The summed E-state index contributed by atoms with van der Waals surface area (Å²) in [5.74, 6) is -0.115. The number of aromatic nitrogens is 3. The zero-order chi connectivity index (χ0) is 23.3. The second-order valence-electron chi connectivity index (χ2n) is 7.45. The molecule has 168 valence electrons. The van der Waals surface area contributed by atoms with Gasteiger partial charge in [-0.25, -0.2) is 4.39 Å².